The van der Waals surface area contributed by atoms with E-state index in [4.69, 9.17) is 11.6 Å². The summed E-state index contributed by atoms with van der Waals surface area (Å²) in [6.07, 6.45) is 3.86. The first-order valence-electron chi connectivity index (χ1n) is 7.76. The van der Waals surface area contributed by atoms with Gasteiger partial charge in [0.15, 0.2) is 0 Å². The van der Waals surface area contributed by atoms with Gasteiger partial charge in [-0.1, -0.05) is 37.6 Å². The third kappa shape index (κ3) is 4.21. The van der Waals surface area contributed by atoms with Gasteiger partial charge in [-0.3, -0.25) is 9.69 Å². The number of likely N-dealkylation sites (N-methyl/N-ethyl adjacent to an activating group) is 1. The minimum absolute atomic E-state index is 0.0299. The van der Waals surface area contributed by atoms with Crippen molar-refractivity contribution in [1.82, 2.24) is 10.2 Å². The molecule has 0 aromatic heterocycles. The molecule has 3 nitrogen and oxygen atoms in total. The molecule has 116 valence electrons. The number of carbonyl (C=O) groups excluding carboxylic acids is 1. The fourth-order valence-corrected chi connectivity index (χ4v) is 2.88. The van der Waals surface area contributed by atoms with E-state index >= 15 is 0 Å². The fraction of sp³-hybridized carbons (Fsp3) is 0.588. The van der Waals surface area contributed by atoms with Gasteiger partial charge in [0.2, 0.25) is 5.91 Å². The third-order valence-corrected chi connectivity index (χ3v) is 4.67. The molecule has 1 N–H and O–H groups in total. The molecule has 0 spiro atoms. The topological polar surface area (TPSA) is 32.3 Å². The molecule has 1 aromatic carbocycles. The molecule has 0 aliphatic heterocycles. The smallest absolute Gasteiger partial charge is 0.237 e. The molecular formula is C17H25ClN2O. The summed E-state index contributed by atoms with van der Waals surface area (Å²) in [6.45, 7) is 5.03. The monoisotopic (exact) mass is 308 g/mol. The summed E-state index contributed by atoms with van der Waals surface area (Å²) in [4.78, 5) is 14.6. The second-order valence-electron chi connectivity index (χ2n) is 6.07. The average molecular weight is 309 g/mol. The van der Waals surface area contributed by atoms with Crippen molar-refractivity contribution < 1.29 is 4.79 Å². The number of hydrogen-bond donors (Lipinski definition) is 1. The zero-order chi connectivity index (χ0) is 15.5. The van der Waals surface area contributed by atoms with Crippen molar-refractivity contribution in [2.24, 2.45) is 0 Å². The van der Waals surface area contributed by atoms with E-state index in [1.807, 2.05) is 31.3 Å². The molecule has 0 heterocycles. The summed E-state index contributed by atoms with van der Waals surface area (Å²) in [6, 6.07) is 7.88. The van der Waals surface area contributed by atoms with Crippen LogP contribution < -0.4 is 5.32 Å². The highest BCUT2D eigenvalue weighted by Gasteiger charge is 2.44. The maximum absolute atomic E-state index is 12.5. The van der Waals surface area contributed by atoms with Crippen LogP contribution in [0, 0.1) is 0 Å². The first-order valence-corrected chi connectivity index (χ1v) is 8.14. The molecule has 21 heavy (non-hydrogen) atoms. The summed E-state index contributed by atoms with van der Waals surface area (Å²) < 4.78 is 0. The van der Waals surface area contributed by atoms with E-state index in [1.165, 1.54) is 5.56 Å². The Morgan fingerprint density at radius 2 is 1.95 bits per heavy atom. The second-order valence-corrected chi connectivity index (χ2v) is 6.51. The summed E-state index contributed by atoms with van der Waals surface area (Å²) >= 11 is 5.92. The van der Waals surface area contributed by atoms with Crippen LogP contribution >= 0.6 is 11.6 Å². The predicted molar refractivity (Wildman–Crippen MR) is 87.6 cm³/mol. The highest BCUT2D eigenvalue weighted by molar-refractivity contribution is 6.30. The Balaban J connectivity index is 1.97. The van der Waals surface area contributed by atoms with Crippen LogP contribution in [0.3, 0.4) is 0 Å². The molecule has 1 aliphatic rings. The van der Waals surface area contributed by atoms with Crippen molar-refractivity contribution in [3.05, 3.63) is 34.9 Å². The van der Waals surface area contributed by atoms with Crippen LogP contribution in [0.1, 0.15) is 38.7 Å². The Hall–Kier alpha value is -1.06. The normalized spacial score (nSPS) is 17.6. The van der Waals surface area contributed by atoms with Gasteiger partial charge in [0.05, 0.1) is 6.04 Å². The minimum Gasteiger partial charge on any atom is -0.349 e. The van der Waals surface area contributed by atoms with Crippen molar-refractivity contribution in [3.63, 3.8) is 0 Å². The van der Waals surface area contributed by atoms with Gasteiger partial charge >= 0.3 is 0 Å². The van der Waals surface area contributed by atoms with Gasteiger partial charge in [-0.15, -0.1) is 0 Å². The van der Waals surface area contributed by atoms with E-state index in [0.717, 1.165) is 37.3 Å². The number of hydrogen-bond acceptors (Lipinski definition) is 2. The fourth-order valence-electron chi connectivity index (χ4n) is 2.75. The summed E-state index contributed by atoms with van der Waals surface area (Å²) in [5.74, 6) is 0.160. The zero-order valence-electron chi connectivity index (χ0n) is 13.2. The van der Waals surface area contributed by atoms with Gasteiger partial charge in [-0.25, -0.2) is 0 Å². The maximum atomic E-state index is 12.5. The molecule has 1 atom stereocenters. The number of halogens is 1. The molecule has 4 heteroatoms. The van der Waals surface area contributed by atoms with Crippen LogP contribution in [-0.2, 0) is 11.2 Å². The van der Waals surface area contributed by atoms with Crippen molar-refractivity contribution in [2.45, 2.75) is 51.1 Å². The molecule has 1 aliphatic carbocycles. The molecule has 0 saturated heterocycles. The Kier molecular flexibility index (Phi) is 5.28. The van der Waals surface area contributed by atoms with Crippen LogP contribution in [-0.4, -0.2) is 36.0 Å². The highest BCUT2D eigenvalue weighted by Crippen LogP contribution is 2.39. The summed E-state index contributed by atoms with van der Waals surface area (Å²) in [7, 11) is 2.01. The molecule has 0 radical (unpaired) electrons. The number of nitrogens with one attached hydrogen (secondary N) is 1. The maximum Gasteiger partial charge on any atom is 0.237 e. The van der Waals surface area contributed by atoms with Gasteiger partial charge in [-0.05, 0) is 57.0 Å². The van der Waals surface area contributed by atoms with E-state index in [2.05, 4.69) is 24.1 Å². The summed E-state index contributed by atoms with van der Waals surface area (Å²) in [5.41, 5.74) is 1.20. The zero-order valence-corrected chi connectivity index (χ0v) is 13.9. The molecule has 0 bridgehead atoms. The van der Waals surface area contributed by atoms with Gasteiger partial charge in [0.25, 0.3) is 0 Å². The quantitative estimate of drug-likeness (QED) is 0.838. The largest absolute Gasteiger partial charge is 0.349 e. The lowest BCUT2D eigenvalue weighted by atomic mass is 10.0. The molecule has 1 amide bonds. The van der Waals surface area contributed by atoms with E-state index < -0.39 is 0 Å². The Bertz CT molecular complexity index is 482. The second kappa shape index (κ2) is 6.80. The van der Waals surface area contributed by atoms with Crippen molar-refractivity contribution in [3.8, 4) is 0 Å². The Labute approximate surface area is 132 Å². The van der Waals surface area contributed by atoms with Crippen LogP contribution in [0.5, 0.6) is 0 Å². The number of amides is 1. The number of carbonyl (C=O) groups is 1. The van der Waals surface area contributed by atoms with Crippen LogP contribution in [0.15, 0.2) is 24.3 Å². The minimum atomic E-state index is -0.0348. The van der Waals surface area contributed by atoms with Gasteiger partial charge in [0, 0.05) is 10.6 Å². The molecule has 2 rings (SSSR count). The van der Waals surface area contributed by atoms with Gasteiger partial charge in [0.1, 0.15) is 0 Å². The molecular weight excluding hydrogens is 284 g/mol. The highest BCUT2D eigenvalue weighted by atomic mass is 35.5. The standard InChI is InChI=1S/C17H25ClN2O/c1-4-15(20(3)5-2)16(21)19-17(10-11-17)12-13-6-8-14(18)9-7-13/h6-9,15H,4-5,10-12H2,1-3H3,(H,19,21)/t15-/m0/s1. The van der Waals surface area contributed by atoms with E-state index in [0.29, 0.717) is 0 Å². The lowest BCUT2D eigenvalue weighted by Crippen LogP contribution is -2.49. The molecule has 1 aromatic rings. The molecule has 0 unspecified atom stereocenters. The van der Waals surface area contributed by atoms with Crippen LogP contribution in [0.25, 0.3) is 0 Å². The third-order valence-electron chi connectivity index (χ3n) is 4.42. The van der Waals surface area contributed by atoms with E-state index in [1.54, 1.807) is 0 Å². The first kappa shape index (κ1) is 16.3. The average Bonchev–Trinajstić information content (AvgIpc) is 3.21. The van der Waals surface area contributed by atoms with Crippen LogP contribution in [0.2, 0.25) is 5.02 Å². The number of rotatable bonds is 7. The molecule has 1 saturated carbocycles. The van der Waals surface area contributed by atoms with Crippen molar-refractivity contribution in [1.29, 1.82) is 0 Å². The summed E-state index contributed by atoms with van der Waals surface area (Å²) in [5, 5.41) is 4.04. The van der Waals surface area contributed by atoms with Gasteiger partial charge < -0.3 is 5.32 Å². The Morgan fingerprint density at radius 3 is 2.43 bits per heavy atom. The lowest BCUT2D eigenvalue weighted by Gasteiger charge is -2.27. The number of nitrogens with zero attached hydrogens (tertiary/aromatic N) is 1. The number of benzene rings is 1. The Morgan fingerprint density at radius 1 is 1.33 bits per heavy atom. The van der Waals surface area contributed by atoms with Crippen LogP contribution in [0.4, 0.5) is 0 Å². The first-order chi connectivity index (χ1) is 9.99. The van der Waals surface area contributed by atoms with E-state index in [-0.39, 0.29) is 17.5 Å². The van der Waals surface area contributed by atoms with Crippen molar-refractivity contribution >= 4 is 17.5 Å². The van der Waals surface area contributed by atoms with Gasteiger partial charge in [-0.2, -0.15) is 0 Å². The predicted octanol–water partition coefficient (Wildman–Crippen LogP) is 3.26. The van der Waals surface area contributed by atoms with E-state index in [9.17, 15) is 4.79 Å². The van der Waals surface area contributed by atoms with Crippen molar-refractivity contribution in [2.75, 3.05) is 13.6 Å². The lowest BCUT2D eigenvalue weighted by molar-refractivity contribution is -0.127. The SMILES string of the molecule is CC[C@@H](C(=O)NC1(Cc2ccc(Cl)cc2)CC1)N(C)CC. The molecule has 1 fully saturated rings.